The highest BCUT2D eigenvalue weighted by Gasteiger charge is 2.29. The highest BCUT2D eigenvalue weighted by Crippen LogP contribution is 2.30. The largest absolute Gasteiger partial charge is 0.384 e. The molecular weight excluding hydrogens is 212 g/mol. The molecule has 1 heterocycles. The Bertz CT molecular complexity index is 392. The van der Waals surface area contributed by atoms with Gasteiger partial charge in [0.15, 0.2) is 0 Å². The van der Waals surface area contributed by atoms with E-state index in [1.165, 1.54) is 6.33 Å². The van der Waals surface area contributed by atoms with Crippen LogP contribution in [0.3, 0.4) is 0 Å². The summed E-state index contributed by atoms with van der Waals surface area (Å²) in [5.41, 5.74) is -0.184. The normalized spacial score (nSPS) is 13.9. The lowest BCUT2D eigenvalue weighted by Crippen LogP contribution is -2.27. The van der Waals surface area contributed by atoms with E-state index in [2.05, 4.69) is 35.7 Å². The first-order valence-corrected chi connectivity index (χ1v) is 6.02. The summed E-state index contributed by atoms with van der Waals surface area (Å²) >= 11 is 0. The van der Waals surface area contributed by atoms with Gasteiger partial charge in [-0.05, 0) is 12.3 Å². The molecular formula is C14H20N2O. The molecule has 1 aromatic rings. The maximum atomic E-state index is 10.7. The molecule has 0 bridgehead atoms. The lowest BCUT2D eigenvalue weighted by atomic mass is 9.84. The summed E-state index contributed by atoms with van der Waals surface area (Å²) in [7, 11) is 0. The number of hydrogen-bond acceptors (Lipinski definition) is 3. The fourth-order valence-electron chi connectivity index (χ4n) is 1.84. The molecule has 1 unspecified atom stereocenters. The van der Waals surface area contributed by atoms with Crippen LogP contribution in [0.4, 0.5) is 0 Å². The highest BCUT2D eigenvalue weighted by molar-refractivity contribution is 5.18. The molecule has 1 atom stereocenters. The summed E-state index contributed by atoms with van der Waals surface area (Å²) in [5.74, 6) is 6.41. The molecule has 0 aliphatic heterocycles. The SMILES string of the molecule is CCC#CCC(O)(CC(C)C)c1cncnc1. The molecule has 1 N–H and O–H groups in total. The molecule has 3 heteroatoms. The van der Waals surface area contributed by atoms with Crippen LogP contribution in [0.5, 0.6) is 0 Å². The van der Waals surface area contributed by atoms with Crippen LogP contribution in [0.2, 0.25) is 0 Å². The van der Waals surface area contributed by atoms with E-state index in [4.69, 9.17) is 0 Å². The molecule has 0 aliphatic rings. The van der Waals surface area contributed by atoms with E-state index in [0.717, 1.165) is 12.0 Å². The fourth-order valence-corrected chi connectivity index (χ4v) is 1.84. The molecule has 3 nitrogen and oxygen atoms in total. The third-order valence-electron chi connectivity index (χ3n) is 2.53. The van der Waals surface area contributed by atoms with E-state index in [0.29, 0.717) is 18.8 Å². The van der Waals surface area contributed by atoms with Crippen molar-refractivity contribution in [1.29, 1.82) is 0 Å². The second kappa shape index (κ2) is 6.36. The summed E-state index contributed by atoms with van der Waals surface area (Å²) in [6, 6.07) is 0. The lowest BCUT2D eigenvalue weighted by Gasteiger charge is -2.27. The zero-order valence-electron chi connectivity index (χ0n) is 10.8. The Kier molecular flexibility index (Phi) is 5.11. The van der Waals surface area contributed by atoms with Gasteiger partial charge in [-0.1, -0.05) is 26.7 Å². The quantitative estimate of drug-likeness (QED) is 0.811. The zero-order chi connectivity index (χ0) is 12.7. The summed E-state index contributed by atoms with van der Waals surface area (Å²) in [6.45, 7) is 6.17. The van der Waals surface area contributed by atoms with Crippen molar-refractivity contribution in [2.75, 3.05) is 0 Å². The Morgan fingerprint density at radius 3 is 2.47 bits per heavy atom. The van der Waals surface area contributed by atoms with E-state index >= 15 is 0 Å². The van der Waals surface area contributed by atoms with E-state index in [-0.39, 0.29) is 0 Å². The highest BCUT2D eigenvalue weighted by atomic mass is 16.3. The zero-order valence-corrected chi connectivity index (χ0v) is 10.8. The first-order chi connectivity index (χ1) is 8.08. The van der Waals surface area contributed by atoms with Crippen molar-refractivity contribution in [2.45, 2.75) is 45.6 Å². The Morgan fingerprint density at radius 1 is 1.29 bits per heavy atom. The molecule has 0 fully saturated rings. The van der Waals surface area contributed by atoms with E-state index < -0.39 is 5.60 Å². The molecule has 92 valence electrons. The third kappa shape index (κ3) is 4.16. The van der Waals surface area contributed by atoms with Gasteiger partial charge in [-0.2, -0.15) is 0 Å². The number of aliphatic hydroxyl groups is 1. The van der Waals surface area contributed by atoms with Gasteiger partial charge in [0.25, 0.3) is 0 Å². The van der Waals surface area contributed by atoms with Crippen molar-refractivity contribution in [3.63, 3.8) is 0 Å². The fraction of sp³-hybridized carbons (Fsp3) is 0.571. The number of rotatable bonds is 4. The van der Waals surface area contributed by atoms with Crippen LogP contribution in [0.15, 0.2) is 18.7 Å². The topological polar surface area (TPSA) is 46.0 Å². The summed E-state index contributed by atoms with van der Waals surface area (Å²) in [5, 5.41) is 10.7. The predicted molar refractivity (Wildman–Crippen MR) is 68.1 cm³/mol. The first-order valence-electron chi connectivity index (χ1n) is 6.02. The summed E-state index contributed by atoms with van der Waals surface area (Å²) < 4.78 is 0. The lowest BCUT2D eigenvalue weighted by molar-refractivity contribution is 0.0196. The van der Waals surface area contributed by atoms with Gasteiger partial charge in [0.2, 0.25) is 0 Å². The third-order valence-corrected chi connectivity index (χ3v) is 2.53. The Morgan fingerprint density at radius 2 is 1.94 bits per heavy atom. The molecule has 0 amide bonds. The van der Waals surface area contributed by atoms with Crippen LogP contribution in [0.25, 0.3) is 0 Å². The molecule has 1 rings (SSSR count). The molecule has 17 heavy (non-hydrogen) atoms. The van der Waals surface area contributed by atoms with Gasteiger partial charge in [0.1, 0.15) is 11.9 Å². The van der Waals surface area contributed by atoms with Gasteiger partial charge < -0.3 is 5.11 Å². The second-order valence-corrected chi connectivity index (χ2v) is 4.64. The monoisotopic (exact) mass is 232 g/mol. The second-order valence-electron chi connectivity index (χ2n) is 4.64. The Hall–Kier alpha value is -1.40. The molecule has 1 aromatic heterocycles. The minimum absolute atomic E-state index is 0.392. The standard InChI is InChI=1S/C14H20N2O/c1-4-5-6-7-14(17,8-12(2)3)13-9-15-11-16-10-13/h9-12,17H,4,7-8H2,1-3H3. The van der Waals surface area contributed by atoms with E-state index in [1.54, 1.807) is 12.4 Å². The smallest absolute Gasteiger partial charge is 0.115 e. The maximum Gasteiger partial charge on any atom is 0.115 e. The number of nitrogens with zero attached hydrogens (tertiary/aromatic N) is 2. The number of hydrogen-bond donors (Lipinski definition) is 1. The Balaban J connectivity index is 2.93. The van der Waals surface area contributed by atoms with Gasteiger partial charge in [0, 0.05) is 30.8 Å². The van der Waals surface area contributed by atoms with Crippen LogP contribution in [0.1, 0.15) is 45.6 Å². The molecule has 0 radical (unpaired) electrons. The van der Waals surface area contributed by atoms with Crippen LogP contribution in [-0.4, -0.2) is 15.1 Å². The molecule has 0 aromatic carbocycles. The predicted octanol–water partition coefficient (Wildman–Crippen LogP) is 2.51. The minimum Gasteiger partial charge on any atom is -0.384 e. The van der Waals surface area contributed by atoms with Crippen molar-refractivity contribution in [2.24, 2.45) is 5.92 Å². The Labute approximate surface area is 103 Å². The first kappa shape index (κ1) is 13.7. The summed E-state index contributed by atoms with van der Waals surface area (Å²) in [6.07, 6.45) is 6.72. The average Bonchev–Trinajstić information content (AvgIpc) is 2.29. The van der Waals surface area contributed by atoms with Crippen molar-refractivity contribution in [3.05, 3.63) is 24.3 Å². The molecule has 0 saturated carbocycles. The molecule has 0 aliphatic carbocycles. The number of aromatic nitrogens is 2. The van der Waals surface area contributed by atoms with Crippen LogP contribution in [0, 0.1) is 17.8 Å². The van der Waals surface area contributed by atoms with Gasteiger partial charge in [-0.15, -0.1) is 5.92 Å². The van der Waals surface area contributed by atoms with Crippen molar-refractivity contribution in [1.82, 2.24) is 9.97 Å². The molecule has 0 saturated heterocycles. The van der Waals surface area contributed by atoms with Crippen molar-refractivity contribution < 1.29 is 5.11 Å². The van der Waals surface area contributed by atoms with Crippen LogP contribution in [-0.2, 0) is 5.60 Å². The van der Waals surface area contributed by atoms with Gasteiger partial charge >= 0.3 is 0 Å². The van der Waals surface area contributed by atoms with Crippen LogP contribution >= 0.6 is 0 Å². The summed E-state index contributed by atoms with van der Waals surface area (Å²) in [4.78, 5) is 7.93. The maximum absolute atomic E-state index is 10.7. The van der Waals surface area contributed by atoms with Gasteiger partial charge in [-0.25, -0.2) is 9.97 Å². The average molecular weight is 232 g/mol. The molecule has 0 spiro atoms. The van der Waals surface area contributed by atoms with Crippen molar-refractivity contribution >= 4 is 0 Å². The minimum atomic E-state index is -0.933. The van der Waals surface area contributed by atoms with E-state index in [1.807, 2.05) is 6.92 Å². The van der Waals surface area contributed by atoms with E-state index in [9.17, 15) is 5.11 Å². The van der Waals surface area contributed by atoms with Gasteiger partial charge in [0.05, 0.1) is 0 Å². The van der Waals surface area contributed by atoms with Crippen molar-refractivity contribution in [3.8, 4) is 11.8 Å². The van der Waals surface area contributed by atoms with Crippen LogP contribution < -0.4 is 0 Å². The van der Waals surface area contributed by atoms with Gasteiger partial charge in [-0.3, -0.25) is 0 Å².